The van der Waals surface area contributed by atoms with Gasteiger partial charge in [-0.2, -0.15) is 0 Å². The molecule has 4 heteroatoms. The second-order valence-electron chi connectivity index (χ2n) is 5.36. The summed E-state index contributed by atoms with van der Waals surface area (Å²) >= 11 is 0. The van der Waals surface area contributed by atoms with Gasteiger partial charge in [-0.15, -0.1) is 0 Å². The number of ether oxygens (including phenoxy) is 2. The van der Waals surface area contributed by atoms with E-state index in [2.05, 4.69) is 5.32 Å². The van der Waals surface area contributed by atoms with Crippen molar-refractivity contribution in [1.82, 2.24) is 5.32 Å². The van der Waals surface area contributed by atoms with Crippen LogP contribution in [-0.2, 0) is 10.3 Å². The number of benzene rings is 1. The average molecular weight is 287 g/mol. The number of hydrogen-bond acceptors (Lipinski definition) is 3. The molecule has 1 heterocycles. The Bertz CT molecular complexity index is 573. The van der Waals surface area contributed by atoms with Crippen molar-refractivity contribution in [1.29, 1.82) is 0 Å². The van der Waals surface area contributed by atoms with Gasteiger partial charge < -0.3 is 14.8 Å². The number of amides is 1. The van der Waals surface area contributed by atoms with Crippen LogP contribution in [0.3, 0.4) is 0 Å². The normalized spacial score (nSPS) is 14.6. The molecule has 1 amide bonds. The Kier molecular flexibility index (Phi) is 4.68. The fourth-order valence-corrected chi connectivity index (χ4v) is 2.11. The molecule has 0 unspecified atom stereocenters. The summed E-state index contributed by atoms with van der Waals surface area (Å²) in [6, 6.07) is 5.75. The van der Waals surface area contributed by atoms with Gasteiger partial charge in [0.15, 0.2) is 11.5 Å². The number of nitrogens with one attached hydrogen (secondary N) is 1. The standard InChI is InChI=1S/C17H21NO3/c1-4-5-6-7-16(19)18-17(2,3)13-8-9-14-15(12-13)21-11-10-20-14/h4-9,12H,10-11H2,1-3H3,(H,18,19)/b5-4+,7-6-. The lowest BCUT2D eigenvalue weighted by atomic mass is 9.93. The van der Waals surface area contributed by atoms with Gasteiger partial charge in [-0.25, -0.2) is 0 Å². The van der Waals surface area contributed by atoms with Crippen molar-refractivity contribution in [3.63, 3.8) is 0 Å². The van der Waals surface area contributed by atoms with E-state index < -0.39 is 5.54 Å². The molecule has 21 heavy (non-hydrogen) atoms. The summed E-state index contributed by atoms with van der Waals surface area (Å²) < 4.78 is 11.1. The van der Waals surface area contributed by atoms with E-state index in [0.29, 0.717) is 13.2 Å². The third kappa shape index (κ3) is 3.88. The maximum atomic E-state index is 11.9. The third-order valence-corrected chi connectivity index (χ3v) is 3.25. The molecule has 2 rings (SSSR count). The van der Waals surface area contributed by atoms with E-state index in [4.69, 9.17) is 9.47 Å². The van der Waals surface area contributed by atoms with Crippen molar-refractivity contribution < 1.29 is 14.3 Å². The number of carbonyl (C=O) groups is 1. The molecule has 1 aliphatic rings. The zero-order valence-corrected chi connectivity index (χ0v) is 12.7. The predicted molar refractivity (Wildman–Crippen MR) is 82.6 cm³/mol. The van der Waals surface area contributed by atoms with Crippen LogP contribution in [0.25, 0.3) is 0 Å². The summed E-state index contributed by atoms with van der Waals surface area (Å²) in [5, 5.41) is 2.98. The topological polar surface area (TPSA) is 47.6 Å². The Hall–Kier alpha value is -2.23. The largest absolute Gasteiger partial charge is 0.486 e. The molecule has 0 fully saturated rings. The second kappa shape index (κ2) is 6.48. The Labute approximate surface area is 125 Å². The van der Waals surface area contributed by atoms with E-state index in [1.54, 1.807) is 6.08 Å². The molecule has 4 nitrogen and oxygen atoms in total. The molecular weight excluding hydrogens is 266 g/mol. The number of fused-ring (bicyclic) bond motifs is 1. The van der Waals surface area contributed by atoms with Crippen LogP contribution in [0, 0.1) is 0 Å². The molecule has 0 spiro atoms. The van der Waals surface area contributed by atoms with Gasteiger partial charge in [-0.3, -0.25) is 4.79 Å². The lowest BCUT2D eigenvalue weighted by molar-refractivity contribution is -0.118. The summed E-state index contributed by atoms with van der Waals surface area (Å²) in [5.74, 6) is 1.35. The maximum absolute atomic E-state index is 11.9. The van der Waals surface area contributed by atoms with Crippen LogP contribution >= 0.6 is 0 Å². The Balaban J connectivity index is 2.13. The first-order valence-corrected chi connectivity index (χ1v) is 7.04. The molecule has 0 radical (unpaired) electrons. The number of carbonyl (C=O) groups excluding carboxylic acids is 1. The first kappa shape index (κ1) is 15.2. The maximum Gasteiger partial charge on any atom is 0.244 e. The predicted octanol–water partition coefficient (Wildman–Crippen LogP) is 2.94. The van der Waals surface area contributed by atoms with Crippen molar-refractivity contribution in [2.75, 3.05) is 13.2 Å². The first-order valence-electron chi connectivity index (χ1n) is 7.04. The van der Waals surface area contributed by atoms with Crippen LogP contribution in [0.4, 0.5) is 0 Å². The number of hydrogen-bond donors (Lipinski definition) is 1. The third-order valence-electron chi connectivity index (χ3n) is 3.25. The zero-order chi connectivity index (χ0) is 15.3. The van der Waals surface area contributed by atoms with Gasteiger partial charge in [0.05, 0.1) is 5.54 Å². The molecule has 1 N–H and O–H groups in total. The molecule has 0 bridgehead atoms. The van der Waals surface area contributed by atoms with E-state index in [9.17, 15) is 4.79 Å². The molecule has 112 valence electrons. The molecule has 1 aromatic carbocycles. The van der Waals surface area contributed by atoms with Gasteiger partial charge in [-0.05, 0) is 38.5 Å². The number of rotatable bonds is 4. The van der Waals surface area contributed by atoms with Crippen molar-refractivity contribution >= 4 is 5.91 Å². The van der Waals surface area contributed by atoms with E-state index >= 15 is 0 Å². The minimum atomic E-state index is -0.493. The van der Waals surface area contributed by atoms with Gasteiger partial charge in [-0.1, -0.05) is 24.3 Å². The van der Waals surface area contributed by atoms with Crippen molar-refractivity contribution in [3.05, 3.63) is 48.1 Å². The molecule has 0 saturated carbocycles. The van der Waals surface area contributed by atoms with Gasteiger partial charge in [0.2, 0.25) is 5.91 Å². The molecular formula is C17H21NO3. The molecule has 0 aliphatic carbocycles. The van der Waals surface area contributed by atoms with Gasteiger partial charge >= 0.3 is 0 Å². The highest BCUT2D eigenvalue weighted by molar-refractivity contribution is 5.88. The SMILES string of the molecule is C/C=C/C=C\C(=O)NC(C)(C)c1ccc2c(c1)OCCO2. The van der Waals surface area contributed by atoms with Gasteiger partial charge in [0.1, 0.15) is 13.2 Å². The van der Waals surface area contributed by atoms with E-state index in [1.165, 1.54) is 6.08 Å². The molecule has 0 saturated heterocycles. The Morgan fingerprint density at radius 1 is 1.19 bits per heavy atom. The molecule has 0 aromatic heterocycles. The van der Waals surface area contributed by atoms with Gasteiger partial charge in [0, 0.05) is 6.08 Å². The summed E-state index contributed by atoms with van der Waals surface area (Å²) in [5.41, 5.74) is 0.479. The quantitative estimate of drug-likeness (QED) is 0.684. The number of allylic oxidation sites excluding steroid dienone is 3. The van der Waals surface area contributed by atoms with E-state index in [-0.39, 0.29) is 5.91 Å². The van der Waals surface area contributed by atoms with Crippen LogP contribution in [0.5, 0.6) is 11.5 Å². The summed E-state index contributed by atoms with van der Waals surface area (Å²) in [4.78, 5) is 11.9. The van der Waals surface area contributed by atoms with Crippen LogP contribution in [-0.4, -0.2) is 19.1 Å². The lowest BCUT2D eigenvalue weighted by Crippen LogP contribution is -2.40. The Morgan fingerprint density at radius 3 is 2.62 bits per heavy atom. The van der Waals surface area contributed by atoms with Crippen molar-refractivity contribution in [2.24, 2.45) is 0 Å². The highest BCUT2D eigenvalue weighted by Gasteiger charge is 2.24. The van der Waals surface area contributed by atoms with Crippen molar-refractivity contribution in [3.8, 4) is 11.5 Å². The fraction of sp³-hybridized carbons (Fsp3) is 0.353. The zero-order valence-electron chi connectivity index (χ0n) is 12.7. The smallest absolute Gasteiger partial charge is 0.244 e. The van der Waals surface area contributed by atoms with Crippen molar-refractivity contribution in [2.45, 2.75) is 26.3 Å². The average Bonchev–Trinajstić information content (AvgIpc) is 2.46. The molecule has 1 aromatic rings. The Morgan fingerprint density at radius 2 is 1.90 bits per heavy atom. The minimum absolute atomic E-state index is 0.131. The van der Waals surface area contributed by atoms with Gasteiger partial charge in [0.25, 0.3) is 0 Å². The lowest BCUT2D eigenvalue weighted by Gasteiger charge is -2.28. The molecule has 1 aliphatic heterocycles. The fourth-order valence-electron chi connectivity index (χ4n) is 2.11. The summed E-state index contributed by atoms with van der Waals surface area (Å²) in [7, 11) is 0. The van der Waals surface area contributed by atoms with Crippen LogP contribution < -0.4 is 14.8 Å². The molecule has 0 atom stereocenters. The summed E-state index contributed by atoms with van der Waals surface area (Å²) in [6.07, 6.45) is 6.92. The van der Waals surface area contributed by atoms with Crippen LogP contribution in [0.15, 0.2) is 42.5 Å². The minimum Gasteiger partial charge on any atom is -0.486 e. The van der Waals surface area contributed by atoms with Crippen LogP contribution in [0.2, 0.25) is 0 Å². The highest BCUT2D eigenvalue weighted by Crippen LogP contribution is 2.34. The summed E-state index contributed by atoms with van der Waals surface area (Å²) in [6.45, 7) is 6.94. The first-order chi connectivity index (χ1) is 10.0. The second-order valence-corrected chi connectivity index (χ2v) is 5.36. The highest BCUT2D eigenvalue weighted by atomic mass is 16.6. The van der Waals surface area contributed by atoms with Crippen LogP contribution in [0.1, 0.15) is 26.3 Å². The van der Waals surface area contributed by atoms with E-state index in [1.807, 2.05) is 51.1 Å². The monoisotopic (exact) mass is 287 g/mol. The van der Waals surface area contributed by atoms with E-state index in [0.717, 1.165) is 17.1 Å².